The number of alkyl halides is 3. The Hall–Kier alpha value is -4.08. The van der Waals surface area contributed by atoms with Gasteiger partial charge in [-0.2, -0.15) is 13.2 Å². The Labute approximate surface area is 225 Å². The highest BCUT2D eigenvalue weighted by Crippen LogP contribution is 2.38. The Balaban J connectivity index is 2.27. The van der Waals surface area contributed by atoms with Gasteiger partial charge in [-0.1, -0.05) is 18.2 Å². The van der Waals surface area contributed by atoms with E-state index in [1.54, 1.807) is 46.0 Å². The van der Waals surface area contributed by atoms with E-state index < -0.39 is 29.4 Å². The predicted molar refractivity (Wildman–Crippen MR) is 141 cm³/mol. The lowest BCUT2D eigenvalue weighted by Crippen LogP contribution is -2.37. The van der Waals surface area contributed by atoms with Crippen molar-refractivity contribution >= 4 is 17.7 Å². The standard InChI is InChI=1S/C29H31F3N2O5/c1-17-15-33-24(18(2)25(17)37-6)16-34(27(36)39-28(3,4)5)21-13-19(12-20(14-21)29(30,31)32)22-10-8-9-11-23(22)26(35)38-7/h8-15H,16H2,1-7H3. The minimum Gasteiger partial charge on any atom is -0.496 e. The van der Waals surface area contributed by atoms with Gasteiger partial charge in [0.1, 0.15) is 11.4 Å². The molecule has 0 fully saturated rings. The average Bonchev–Trinajstić information content (AvgIpc) is 2.86. The number of hydrogen-bond acceptors (Lipinski definition) is 6. The highest BCUT2D eigenvalue weighted by atomic mass is 19.4. The molecule has 0 aliphatic carbocycles. The van der Waals surface area contributed by atoms with Crippen molar-refractivity contribution in [1.82, 2.24) is 4.98 Å². The van der Waals surface area contributed by atoms with Crippen LogP contribution in [0.2, 0.25) is 0 Å². The van der Waals surface area contributed by atoms with Crippen LogP contribution in [-0.4, -0.2) is 36.9 Å². The summed E-state index contributed by atoms with van der Waals surface area (Å²) in [6.45, 7) is 8.34. The molecule has 10 heteroatoms. The van der Waals surface area contributed by atoms with Crippen LogP contribution in [0.4, 0.5) is 23.7 Å². The molecule has 0 unspecified atom stereocenters. The van der Waals surface area contributed by atoms with E-state index >= 15 is 0 Å². The largest absolute Gasteiger partial charge is 0.496 e. The molecule has 1 heterocycles. The van der Waals surface area contributed by atoms with E-state index in [-0.39, 0.29) is 28.9 Å². The Morgan fingerprint density at radius 3 is 2.26 bits per heavy atom. The molecule has 3 rings (SSSR count). The minimum absolute atomic E-state index is 0.0700. The lowest BCUT2D eigenvalue weighted by Gasteiger charge is -2.29. The fourth-order valence-electron chi connectivity index (χ4n) is 4.07. The van der Waals surface area contributed by atoms with Crippen LogP contribution >= 0.6 is 0 Å². The molecule has 1 amide bonds. The fourth-order valence-corrected chi connectivity index (χ4v) is 4.07. The number of ether oxygens (including phenoxy) is 3. The lowest BCUT2D eigenvalue weighted by molar-refractivity contribution is -0.137. The summed E-state index contributed by atoms with van der Waals surface area (Å²) in [6.07, 6.45) is -4.04. The van der Waals surface area contributed by atoms with Gasteiger partial charge >= 0.3 is 18.2 Å². The van der Waals surface area contributed by atoms with Gasteiger partial charge in [0.05, 0.1) is 37.6 Å². The molecule has 0 saturated heterocycles. The number of aromatic nitrogens is 1. The van der Waals surface area contributed by atoms with Crippen LogP contribution in [0, 0.1) is 13.8 Å². The van der Waals surface area contributed by atoms with Crippen LogP contribution in [0.25, 0.3) is 11.1 Å². The van der Waals surface area contributed by atoms with Crippen molar-refractivity contribution in [3.05, 3.63) is 76.6 Å². The van der Waals surface area contributed by atoms with E-state index in [0.717, 1.165) is 22.6 Å². The number of benzene rings is 2. The number of carbonyl (C=O) groups excluding carboxylic acids is 2. The first-order valence-electron chi connectivity index (χ1n) is 12.1. The lowest BCUT2D eigenvalue weighted by atomic mass is 9.96. The molecule has 0 atom stereocenters. The first-order chi connectivity index (χ1) is 18.2. The summed E-state index contributed by atoms with van der Waals surface area (Å²) >= 11 is 0. The summed E-state index contributed by atoms with van der Waals surface area (Å²) in [5.41, 5.74) is 0.159. The minimum atomic E-state index is -4.74. The van der Waals surface area contributed by atoms with E-state index in [0.29, 0.717) is 17.0 Å². The zero-order chi connectivity index (χ0) is 29.1. The van der Waals surface area contributed by atoms with Crippen molar-refractivity contribution < 1.29 is 37.0 Å². The normalized spacial score (nSPS) is 11.6. The van der Waals surface area contributed by atoms with Crippen LogP contribution in [0.3, 0.4) is 0 Å². The average molecular weight is 545 g/mol. The predicted octanol–water partition coefficient (Wildman–Crippen LogP) is 7.12. The Bertz CT molecular complexity index is 1380. The van der Waals surface area contributed by atoms with Gasteiger partial charge in [0.2, 0.25) is 0 Å². The third-order valence-corrected chi connectivity index (χ3v) is 5.87. The highest BCUT2D eigenvalue weighted by Gasteiger charge is 2.34. The van der Waals surface area contributed by atoms with Crippen molar-refractivity contribution in [2.75, 3.05) is 19.1 Å². The third kappa shape index (κ3) is 6.87. The van der Waals surface area contributed by atoms with Crippen molar-refractivity contribution in [2.24, 2.45) is 0 Å². The van der Waals surface area contributed by atoms with E-state index in [9.17, 15) is 22.8 Å². The monoisotopic (exact) mass is 544 g/mol. The zero-order valence-corrected chi connectivity index (χ0v) is 22.9. The number of nitrogens with zero attached hydrogens (tertiary/aromatic N) is 2. The summed E-state index contributed by atoms with van der Waals surface area (Å²) in [5.74, 6) is -0.152. The van der Waals surface area contributed by atoms with Gasteiger partial charge < -0.3 is 14.2 Å². The van der Waals surface area contributed by atoms with Crippen molar-refractivity contribution in [3.63, 3.8) is 0 Å². The Kier molecular flexibility index (Phi) is 8.58. The van der Waals surface area contributed by atoms with Crippen molar-refractivity contribution in [2.45, 2.75) is 52.9 Å². The smallest absolute Gasteiger partial charge is 0.416 e. The van der Waals surface area contributed by atoms with Gasteiger partial charge in [0.15, 0.2) is 0 Å². The molecule has 0 radical (unpaired) electrons. The van der Waals surface area contributed by atoms with Crippen LogP contribution in [0.1, 0.15) is 53.5 Å². The van der Waals surface area contributed by atoms with Gasteiger partial charge in [0, 0.05) is 23.0 Å². The van der Waals surface area contributed by atoms with Gasteiger partial charge in [-0.3, -0.25) is 9.88 Å². The van der Waals surface area contributed by atoms with Gasteiger partial charge in [-0.15, -0.1) is 0 Å². The maximum atomic E-state index is 14.1. The number of halogens is 3. The molecule has 1 aromatic heterocycles. The Morgan fingerprint density at radius 1 is 1.00 bits per heavy atom. The second-order valence-electron chi connectivity index (χ2n) is 9.92. The molecular weight excluding hydrogens is 513 g/mol. The summed E-state index contributed by atoms with van der Waals surface area (Å²) in [5, 5.41) is 0. The number of carbonyl (C=O) groups is 2. The topological polar surface area (TPSA) is 78.0 Å². The van der Waals surface area contributed by atoms with E-state index in [1.807, 2.05) is 6.92 Å². The Morgan fingerprint density at radius 2 is 1.67 bits per heavy atom. The first-order valence-corrected chi connectivity index (χ1v) is 12.1. The first kappa shape index (κ1) is 29.5. The molecular formula is C29H31F3N2O5. The molecule has 208 valence electrons. The van der Waals surface area contributed by atoms with E-state index in [2.05, 4.69) is 4.98 Å². The molecule has 0 aliphatic rings. The molecule has 2 aromatic carbocycles. The second-order valence-corrected chi connectivity index (χ2v) is 9.92. The number of esters is 1. The van der Waals surface area contributed by atoms with Crippen molar-refractivity contribution in [1.29, 1.82) is 0 Å². The number of aryl methyl sites for hydroxylation is 1. The highest BCUT2D eigenvalue weighted by molar-refractivity contribution is 5.98. The van der Waals surface area contributed by atoms with Crippen LogP contribution in [0.5, 0.6) is 5.75 Å². The number of rotatable bonds is 6. The van der Waals surface area contributed by atoms with Gasteiger partial charge in [-0.05, 0) is 70.0 Å². The molecule has 0 spiro atoms. The van der Waals surface area contributed by atoms with Crippen molar-refractivity contribution in [3.8, 4) is 16.9 Å². The quantitative estimate of drug-likeness (QED) is 0.308. The fraction of sp³-hybridized carbons (Fsp3) is 0.345. The van der Waals surface area contributed by atoms with Gasteiger partial charge in [0.25, 0.3) is 0 Å². The second kappa shape index (κ2) is 11.3. The molecule has 7 nitrogen and oxygen atoms in total. The molecule has 0 N–H and O–H groups in total. The van der Waals surface area contributed by atoms with E-state index in [1.165, 1.54) is 32.4 Å². The number of pyridine rings is 1. The summed E-state index contributed by atoms with van der Waals surface area (Å²) < 4.78 is 58.2. The zero-order valence-electron chi connectivity index (χ0n) is 22.9. The third-order valence-electron chi connectivity index (χ3n) is 5.87. The SMILES string of the molecule is COC(=O)c1ccccc1-c1cc(N(Cc2ncc(C)c(OC)c2C)C(=O)OC(C)(C)C)cc(C(F)(F)F)c1. The maximum Gasteiger partial charge on any atom is 0.416 e. The molecule has 0 bridgehead atoms. The number of anilines is 1. The number of amides is 1. The van der Waals surface area contributed by atoms with Crippen LogP contribution < -0.4 is 9.64 Å². The van der Waals surface area contributed by atoms with E-state index in [4.69, 9.17) is 14.2 Å². The van der Waals surface area contributed by atoms with Crippen LogP contribution in [-0.2, 0) is 22.2 Å². The molecule has 0 aliphatic heterocycles. The maximum absolute atomic E-state index is 14.1. The number of hydrogen-bond donors (Lipinski definition) is 0. The molecule has 39 heavy (non-hydrogen) atoms. The molecule has 3 aromatic rings. The number of methoxy groups -OCH3 is 2. The molecule has 0 saturated carbocycles. The summed E-state index contributed by atoms with van der Waals surface area (Å²) in [7, 11) is 2.69. The summed E-state index contributed by atoms with van der Waals surface area (Å²) in [4.78, 5) is 31.3. The summed E-state index contributed by atoms with van der Waals surface area (Å²) in [6, 6.07) is 9.35. The van der Waals surface area contributed by atoms with Crippen LogP contribution in [0.15, 0.2) is 48.7 Å². The van der Waals surface area contributed by atoms with Gasteiger partial charge in [-0.25, -0.2) is 9.59 Å².